The van der Waals surface area contributed by atoms with Gasteiger partial charge in [-0.2, -0.15) is 0 Å². The standard InChI is InChI=1S/C13H16O/c1-4-13(11(3)14-5-2)12-9-7-6-8-10-12/h5-10,13H,2-4H2,1H3. The van der Waals surface area contributed by atoms with Crippen LogP contribution in [0.15, 0.2) is 55.5 Å². The van der Waals surface area contributed by atoms with E-state index in [9.17, 15) is 0 Å². The monoisotopic (exact) mass is 188 g/mol. The zero-order valence-corrected chi connectivity index (χ0v) is 8.57. The SMILES string of the molecule is C=COC(=C)C(CC)c1ccccc1. The van der Waals surface area contributed by atoms with Crippen LogP contribution >= 0.6 is 0 Å². The summed E-state index contributed by atoms with van der Waals surface area (Å²) in [6.07, 6.45) is 2.41. The molecule has 1 atom stereocenters. The molecule has 0 amide bonds. The van der Waals surface area contributed by atoms with Crippen molar-refractivity contribution in [3.63, 3.8) is 0 Å². The molecule has 1 unspecified atom stereocenters. The Morgan fingerprint density at radius 2 is 2.07 bits per heavy atom. The van der Waals surface area contributed by atoms with Crippen LogP contribution in [0, 0.1) is 0 Å². The van der Waals surface area contributed by atoms with Crippen molar-refractivity contribution in [2.75, 3.05) is 0 Å². The van der Waals surface area contributed by atoms with E-state index < -0.39 is 0 Å². The molecule has 0 aromatic heterocycles. The lowest BCUT2D eigenvalue weighted by atomic mass is 9.95. The van der Waals surface area contributed by atoms with Crippen LogP contribution in [-0.4, -0.2) is 0 Å². The second kappa shape index (κ2) is 5.28. The van der Waals surface area contributed by atoms with Gasteiger partial charge < -0.3 is 4.74 Å². The van der Waals surface area contributed by atoms with Gasteiger partial charge in [-0.1, -0.05) is 50.4 Å². The highest BCUT2D eigenvalue weighted by molar-refractivity contribution is 5.25. The van der Waals surface area contributed by atoms with Crippen LogP contribution in [0.1, 0.15) is 24.8 Å². The van der Waals surface area contributed by atoms with Crippen LogP contribution in [-0.2, 0) is 4.74 Å². The Kier molecular flexibility index (Phi) is 3.99. The van der Waals surface area contributed by atoms with Gasteiger partial charge in [0.1, 0.15) is 5.76 Å². The van der Waals surface area contributed by atoms with Gasteiger partial charge in [-0.3, -0.25) is 0 Å². The summed E-state index contributed by atoms with van der Waals surface area (Å²) in [5.41, 5.74) is 1.24. The van der Waals surface area contributed by atoms with Gasteiger partial charge in [0.25, 0.3) is 0 Å². The zero-order chi connectivity index (χ0) is 10.4. The number of ether oxygens (including phenoxy) is 1. The minimum Gasteiger partial charge on any atom is -0.470 e. The molecule has 0 radical (unpaired) electrons. The Bertz CT molecular complexity index is 300. The molecule has 0 bridgehead atoms. The van der Waals surface area contributed by atoms with Crippen molar-refractivity contribution in [1.29, 1.82) is 0 Å². The zero-order valence-electron chi connectivity index (χ0n) is 8.57. The molecular weight excluding hydrogens is 172 g/mol. The first-order chi connectivity index (χ1) is 6.79. The number of hydrogen-bond acceptors (Lipinski definition) is 1. The summed E-state index contributed by atoms with van der Waals surface area (Å²) in [6.45, 7) is 9.55. The molecule has 74 valence electrons. The van der Waals surface area contributed by atoms with Gasteiger partial charge >= 0.3 is 0 Å². The molecule has 0 N–H and O–H groups in total. The Balaban J connectivity index is 2.82. The van der Waals surface area contributed by atoms with Crippen LogP contribution in [0.3, 0.4) is 0 Å². The second-order valence-corrected chi connectivity index (χ2v) is 3.12. The second-order valence-electron chi connectivity index (χ2n) is 3.12. The van der Waals surface area contributed by atoms with Crippen LogP contribution in [0.2, 0.25) is 0 Å². The summed E-state index contributed by atoms with van der Waals surface area (Å²) < 4.78 is 5.22. The van der Waals surface area contributed by atoms with Crippen LogP contribution in [0.25, 0.3) is 0 Å². The van der Waals surface area contributed by atoms with E-state index in [2.05, 4.69) is 32.2 Å². The lowest BCUT2D eigenvalue weighted by Gasteiger charge is -2.16. The molecular formula is C13H16O. The third kappa shape index (κ3) is 2.49. The molecule has 0 aliphatic carbocycles. The average molecular weight is 188 g/mol. The molecule has 0 spiro atoms. The Hall–Kier alpha value is -1.50. The molecule has 0 heterocycles. The van der Waals surface area contributed by atoms with E-state index in [1.807, 2.05) is 18.2 Å². The van der Waals surface area contributed by atoms with Crippen molar-refractivity contribution in [3.05, 3.63) is 61.1 Å². The minimum absolute atomic E-state index is 0.259. The van der Waals surface area contributed by atoms with Gasteiger partial charge in [0.05, 0.1) is 6.26 Å². The van der Waals surface area contributed by atoms with E-state index >= 15 is 0 Å². The van der Waals surface area contributed by atoms with Gasteiger partial charge in [-0.25, -0.2) is 0 Å². The third-order valence-electron chi connectivity index (χ3n) is 2.23. The van der Waals surface area contributed by atoms with Crippen molar-refractivity contribution in [3.8, 4) is 0 Å². The maximum absolute atomic E-state index is 5.22. The molecule has 1 nitrogen and oxygen atoms in total. The van der Waals surface area contributed by atoms with Crippen LogP contribution in [0.5, 0.6) is 0 Å². The predicted molar refractivity (Wildman–Crippen MR) is 59.9 cm³/mol. The smallest absolute Gasteiger partial charge is 0.103 e. The fourth-order valence-corrected chi connectivity index (χ4v) is 1.52. The summed E-state index contributed by atoms with van der Waals surface area (Å²) in [4.78, 5) is 0. The maximum Gasteiger partial charge on any atom is 0.103 e. The fraction of sp³-hybridized carbons (Fsp3) is 0.231. The number of hydrogen-bond donors (Lipinski definition) is 0. The van der Waals surface area contributed by atoms with Crippen molar-refractivity contribution in [1.82, 2.24) is 0 Å². The topological polar surface area (TPSA) is 9.23 Å². The van der Waals surface area contributed by atoms with E-state index in [1.165, 1.54) is 11.8 Å². The largest absolute Gasteiger partial charge is 0.470 e. The molecule has 0 saturated carbocycles. The normalized spacial score (nSPS) is 11.8. The van der Waals surface area contributed by atoms with Crippen molar-refractivity contribution >= 4 is 0 Å². The lowest BCUT2D eigenvalue weighted by Crippen LogP contribution is -2.01. The maximum atomic E-state index is 5.22. The van der Waals surface area contributed by atoms with E-state index in [0.717, 1.165) is 12.2 Å². The molecule has 14 heavy (non-hydrogen) atoms. The summed E-state index contributed by atoms with van der Waals surface area (Å²) >= 11 is 0. The van der Waals surface area contributed by atoms with Gasteiger partial charge in [-0.15, -0.1) is 0 Å². The van der Waals surface area contributed by atoms with E-state index in [-0.39, 0.29) is 5.92 Å². The van der Waals surface area contributed by atoms with E-state index in [0.29, 0.717) is 0 Å². The third-order valence-corrected chi connectivity index (χ3v) is 2.23. The molecule has 0 saturated heterocycles. The van der Waals surface area contributed by atoms with Crippen molar-refractivity contribution in [2.45, 2.75) is 19.3 Å². The molecule has 1 rings (SSSR count). The lowest BCUT2D eigenvalue weighted by molar-refractivity contribution is 0.318. The molecule has 0 fully saturated rings. The number of benzene rings is 1. The first-order valence-electron chi connectivity index (χ1n) is 4.81. The first-order valence-corrected chi connectivity index (χ1v) is 4.81. The Labute approximate surface area is 85.7 Å². The Morgan fingerprint density at radius 3 is 2.57 bits per heavy atom. The van der Waals surface area contributed by atoms with Gasteiger partial charge in [0, 0.05) is 5.92 Å². The summed E-state index contributed by atoms with van der Waals surface area (Å²) in [5.74, 6) is 1.02. The van der Waals surface area contributed by atoms with Crippen LogP contribution < -0.4 is 0 Å². The summed E-state index contributed by atoms with van der Waals surface area (Å²) in [7, 11) is 0. The summed E-state index contributed by atoms with van der Waals surface area (Å²) in [5, 5.41) is 0. The Morgan fingerprint density at radius 1 is 1.43 bits per heavy atom. The molecule has 1 heteroatoms. The van der Waals surface area contributed by atoms with Crippen LogP contribution in [0.4, 0.5) is 0 Å². The predicted octanol–water partition coefficient (Wildman–Crippen LogP) is 3.85. The number of rotatable bonds is 5. The fourth-order valence-electron chi connectivity index (χ4n) is 1.52. The van der Waals surface area contributed by atoms with Crippen molar-refractivity contribution in [2.24, 2.45) is 0 Å². The highest BCUT2D eigenvalue weighted by atomic mass is 16.5. The van der Waals surface area contributed by atoms with E-state index in [4.69, 9.17) is 4.74 Å². The average Bonchev–Trinajstić information content (AvgIpc) is 2.21. The highest BCUT2D eigenvalue weighted by Gasteiger charge is 2.12. The molecule has 0 aliphatic rings. The molecule has 1 aromatic rings. The molecule has 0 aliphatic heterocycles. The highest BCUT2D eigenvalue weighted by Crippen LogP contribution is 2.26. The van der Waals surface area contributed by atoms with E-state index in [1.54, 1.807) is 0 Å². The van der Waals surface area contributed by atoms with Gasteiger partial charge in [0.2, 0.25) is 0 Å². The van der Waals surface area contributed by atoms with Gasteiger partial charge in [-0.05, 0) is 12.0 Å². The van der Waals surface area contributed by atoms with Gasteiger partial charge in [0.15, 0.2) is 0 Å². The van der Waals surface area contributed by atoms with Crippen molar-refractivity contribution < 1.29 is 4.74 Å². The minimum atomic E-state index is 0.259. The number of allylic oxidation sites excluding steroid dienone is 1. The summed E-state index contributed by atoms with van der Waals surface area (Å²) in [6, 6.07) is 10.2. The quantitative estimate of drug-likeness (QED) is 0.638. The molecule has 1 aromatic carbocycles. The first kappa shape index (κ1) is 10.6.